The van der Waals surface area contributed by atoms with Gasteiger partial charge in [0, 0.05) is 28.2 Å². The summed E-state index contributed by atoms with van der Waals surface area (Å²) < 4.78 is 6.29. The van der Waals surface area contributed by atoms with E-state index in [1.807, 2.05) is 66.9 Å². The summed E-state index contributed by atoms with van der Waals surface area (Å²) in [4.78, 5) is 16.0. The molecule has 1 aliphatic rings. The summed E-state index contributed by atoms with van der Waals surface area (Å²) in [6.45, 7) is 0.463. The van der Waals surface area contributed by atoms with Crippen LogP contribution < -0.4 is 21.0 Å². The van der Waals surface area contributed by atoms with Gasteiger partial charge in [-0.05, 0) is 34.9 Å². The Kier molecular flexibility index (Phi) is 6.37. The first-order valence-corrected chi connectivity index (χ1v) is 12.3. The van der Waals surface area contributed by atoms with Gasteiger partial charge in [-0.2, -0.15) is 5.10 Å². The molecule has 0 bridgehead atoms. The molecule has 2 atom stereocenters. The normalized spacial score (nSPS) is 17.5. The summed E-state index contributed by atoms with van der Waals surface area (Å²) in [5.41, 5.74) is 13.1. The largest absolute Gasteiger partial charge is 0.489 e. The summed E-state index contributed by atoms with van der Waals surface area (Å²) in [5, 5.41) is 7.61. The molecule has 7 heteroatoms. The lowest BCUT2D eigenvalue weighted by molar-refractivity contribution is -0.122. The third kappa shape index (κ3) is 4.82. The van der Waals surface area contributed by atoms with Crippen LogP contribution in [0.4, 0.5) is 0 Å². The van der Waals surface area contributed by atoms with Crippen molar-refractivity contribution < 1.29 is 9.53 Å². The van der Waals surface area contributed by atoms with Crippen LogP contribution in [0.25, 0.3) is 21.7 Å². The Morgan fingerprint density at radius 3 is 2.65 bits per heavy atom. The van der Waals surface area contributed by atoms with Crippen molar-refractivity contribution in [1.29, 1.82) is 0 Å². The second-order valence-electron chi connectivity index (χ2n) is 9.12. The first-order valence-electron chi connectivity index (χ1n) is 12.3. The maximum absolute atomic E-state index is 12.8. The molecule has 2 unspecified atom stereocenters. The van der Waals surface area contributed by atoms with Gasteiger partial charge in [0.25, 0.3) is 5.91 Å². The number of benzene rings is 4. The average molecular weight is 490 g/mol. The fourth-order valence-electron chi connectivity index (χ4n) is 4.85. The molecule has 0 radical (unpaired) electrons. The summed E-state index contributed by atoms with van der Waals surface area (Å²) >= 11 is 0. The molecule has 1 saturated heterocycles. The maximum Gasteiger partial charge on any atom is 0.258 e. The number of amides is 1. The minimum Gasteiger partial charge on any atom is -0.489 e. The predicted molar refractivity (Wildman–Crippen MR) is 146 cm³/mol. The summed E-state index contributed by atoms with van der Waals surface area (Å²) in [6.07, 6.45) is 4.11. The second kappa shape index (κ2) is 10.3. The van der Waals surface area contributed by atoms with Gasteiger partial charge in [0.05, 0.1) is 12.3 Å². The number of H-pyrrole nitrogens is 1. The number of aromatic nitrogens is 1. The van der Waals surface area contributed by atoms with E-state index in [1.165, 1.54) is 10.8 Å². The lowest BCUT2D eigenvalue weighted by Crippen LogP contribution is -2.41. The van der Waals surface area contributed by atoms with E-state index in [9.17, 15) is 4.79 Å². The van der Waals surface area contributed by atoms with Crippen molar-refractivity contribution in [2.24, 2.45) is 5.10 Å². The van der Waals surface area contributed by atoms with E-state index in [-0.39, 0.29) is 11.9 Å². The van der Waals surface area contributed by atoms with Crippen LogP contribution in [0.3, 0.4) is 0 Å². The molecule has 37 heavy (non-hydrogen) atoms. The Bertz CT molecular complexity index is 1590. The zero-order valence-electron chi connectivity index (χ0n) is 20.1. The number of ether oxygens (including phenoxy) is 1. The van der Waals surface area contributed by atoms with Crippen molar-refractivity contribution in [2.45, 2.75) is 25.1 Å². The van der Waals surface area contributed by atoms with Gasteiger partial charge in [-0.25, -0.2) is 16.3 Å². The van der Waals surface area contributed by atoms with Crippen LogP contribution in [0, 0.1) is 0 Å². The van der Waals surface area contributed by atoms with E-state index in [0.29, 0.717) is 13.0 Å². The molecule has 0 saturated carbocycles. The molecule has 6 rings (SSSR count). The third-order valence-electron chi connectivity index (χ3n) is 6.78. The SMILES string of the molecule is O=C(N/N=C/c1c[nH]c2ccccc12)C1CC(c2ccccc2OCc2cccc3ccccc23)NN1. The molecule has 0 spiro atoms. The number of rotatable bonds is 7. The Balaban J connectivity index is 1.10. The summed E-state index contributed by atoms with van der Waals surface area (Å²) in [6, 6.07) is 30.0. The van der Waals surface area contributed by atoms with Crippen molar-refractivity contribution in [3.8, 4) is 5.75 Å². The van der Waals surface area contributed by atoms with E-state index in [2.05, 4.69) is 56.7 Å². The standard InChI is InChI=1S/C30H27N5O2/c36-30(35-32-18-22-17-31-26-14-5-3-12-24(22)26)28-16-27(33-34-28)25-13-4-6-15-29(25)37-19-21-10-7-9-20-8-1-2-11-23(20)21/h1-15,17-18,27-28,31,33-34H,16,19H2,(H,35,36)/b32-18+. The molecule has 1 aliphatic heterocycles. The Hall–Kier alpha value is -4.46. The van der Waals surface area contributed by atoms with E-state index >= 15 is 0 Å². The Labute approximate surface area is 214 Å². The predicted octanol–water partition coefficient (Wildman–Crippen LogP) is 4.96. The van der Waals surface area contributed by atoms with Gasteiger partial charge in [-0.1, -0.05) is 78.9 Å². The van der Waals surface area contributed by atoms with Crippen LogP contribution in [0.1, 0.15) is 29.2 Å². The van der Waals surface area contributed by atoms with Crippen molar-refractivity contribution in [2.75, 3.05) is 0 Å². The fourth-order valence-corrected chi connectivity index (χ4v) is 4.85. The number of nitrogens with zero attached hydrogens (tertiary/aromatic N) is 1. The zero-order chi connectivity index (χ0) is 25.0. The first-order chi connectivity index (χ1) is 18.3. The topological polar surface area (TPSA) is 90.5 Å². The molecule has 0 aliphatic carbocycles. The number of hydrogen-bond acceptors (Lipinski definition) is 5. The first kappa shape index (κ1) is 23.0. The van der Waals surface area contributed by atoms with E-state index in [4.69, 9.17) is 4.74 Å². The molecule has 1 aromatic heterocycles. The quantitative estimate of drug-likeness (QED) is 0.192. The van der Waals surface area contributed by atoms with Gasteiger partial charge in [0.2, 0.25) is 0 Å². The zero-order valence-corrected chi connectivity index (χ0v) is 20.1. The maximum atomic E-state index is 12.8. The molecular formula is C30H27N5O2. The number of hydrogen-bond donors (Lipinski definition) is 4. The second-order valence-corrected chi connectivity index (χ2v) is 9.12. The van der Waals surface area contributed by atoms with E-state index < -0.39 is 6.04 Å². The van der Waals surface area contributed by atoms with Crippen molar-refractivity contribution in [3.05, 3.63) is 114 Å². The highest BCUT2D eigenvalue weighted by Crippen LogP contribution is 2.31. The van der Waals surface area contributed by atoms with Crippen molar-refractivity contribution in [3.63, 3.8) is 0 Å². The minimum absolute atomic E-state index is 0.0722. The number of fused-ring (bicyclic) bond motifs is 2. The van der Waals surface area contributed by atoms with Crippen LogP contribution >= 0.6 is 0 Å². The van der Waals surface area contributed by atoms with Gasteiger partial charge >= 0.3 is 0 Å². The number of aromatic amines is 1. The number of carbonyl (C=O) groups excluding carboxylic acids is 1. The molecule has 4 N–H and O–H groups in total. The Morgan fingerprint density at radius 1 is 0.919 bits per heavy atom. The molecule has 5 aromatic rings. The van der Waals surface area contributed by atoms with Crippen LogP contribution in [0.15, 0.2) is 102 Å². The number of carbonyl (C=O) groups is 1. The molecule has 4 aromatic carbocycles. The van der Waals surface area contributed by atoms with Crippen LogP contribution in [0.5, 0.6) is 5.75 Å². The van der Waals surface area contributed by atoms with Crippen molar-refractivity contribution >= 4 is 33.8 Å². The third-order valence-corrected chi connectivity index (χ3v) is 6.78. The highest BCUT2D eigenvalue weighted by atomic mass is 16.5. The molecular weight excluding hydrogens is 462 g/mol. The molecule has 184 valence electrons. The van der Waals surface area contributed by atoms with Gasteiger partial charge in [-0.3, -0.25) is 4.79 Å². The summed E-state index contributed by atoms with van der Waals surface area (Å²) in [7, 11) is 0. The van der Waals surface area contributed by atoms with Gasteiger partial charge in [0.1, 0.15) is 18.4 Å². The lowest BCUT2D eigenvalue weighted by atomic mass is 10.0. The monoisotopic (exact) mass is 489 g/mol. The highest BCUT2D eigenvalue weighted by Gasteiger charge is 2.31. The smallest absolute Gasteiger partial charge is 0.258 e. The Morgan fingerprint density at radius 2 is 1.70 bits per heavy atom. The van der Waals surface area contributed by atoms with Crippen LogP contribution in [0.2, 0.25) is 0 Å². The average Bonchev–Trinajstić information content (AvgIpc) is 3.60. The molecule has 7 nitrogen and oxygen atoms in total. The number of para-hydroxylation sites is 2. The number of hydrazine groups is 1. The molecule has 1 amide bonds. The fraction of sp³-hybridized carbons (Fsp3) is 0.133. The van der Waals surface area contributed by atoms with E-state index in [1.54, 1.807) is 6.21 Å². The minimum atomic E-state index is -0.420. The van der Waals surface area contributed by atoms with Crippen LogP contribution in [-0.4, -0.2) is 23.1 Å². The van der Waals surface area contributed by atoms with Crippen LogP contribution in [-0.2, 0) is 11.4 Å². The highest BCUT2D eigenvalue weighted by molar-refractivity contribution is 5.99. The number of nitrogens with one attached hydrogen (secondary N) is 4. The number of hydrazone groups is 1. The molecule has 2 heterocycles. The van der Waals surface area contributed by atoms with Gasteiger partial charge < -0.3 is 9.72 Å². The van der Waals surface area contributed by atoms with Gasteiger partial charge in [-0.15, -0.1) is 0 Å². The molecule has 1 fully saturated rings. The van der Waals surface area contributed by atoms with Crippen molar-refractivity contribution in [1.82, 2.24) is 21.3 Å². The lowest BCUT2D eigenvalue weighted by Gasteiger charge is -2.16. The summed E-state index contributed by atoms with van der Waals surface area (Å²) in [5.74, 6) is 0.605. The van der Waals surface area contributed by atoms with E-state index in [0.717, 1.165) is 33.3 Å². The van der Waals surface area contributed by atoms with Gasteiger partial charge in [0.15, 0.2) is 0 Å².